The summed E-state index contributed by atoms with van der Waals surface area (Å²) in [4.78, 5) is 32.1. The van der Waals surface area contributed by atoms with Crippen LogP contribution >= 0.6 is 11.3 Å². The number of thiophene rings is 1. The molecule has 0 radical (unpaired) electrons. The molecule has 0 aliphatic carbocycles. The van der Waals surface area contributed by atoms with Crippen LogP contribution in [0.15, 0.2) is 29.9 Å². The van der Waals surface area contributed by atoms with Gasteiger partial charge in [-0.05, 0) is 17.9 Å². The van der Waals surface area contributed by atoms with Gasteiger partial charge in [-0.25, -0.2) is 4.98 Å². The van der Waals surface area contributed by atoms with Gasteiger partial charge in [-0.2, -0.15) is 0 Å². The van der Waals surface area contributed by atoms with Gasteiger partial charge in [0.2, 0.25) is 11.8 Å². The van der Waals surface area contributed by atoms with Crippen molar-refractivity contribution in [2.45, 2.75) is 37.9 Å². The molecule has 126 valence electrons. The fraction of sp³-hybridized carbons (Fsp3) is 0.471. The SMILES string of the molecule is CN1C(=O)C[C@H](C(=O)N[C@@H]2CCc3nccn3C2)[C@@H]1c1cccs1. The Morgan fingerprint density at radius 3 is 3.12 bits per heavy atom. The van der Waals surface area contributed by atoms with Gasteiger partial charge in [-0.1, -0.05) is 6.07 Å². The van der Waals surface area contributed by atoms with E-state index in [9.17, 15) is 9.59 Å². The van der Waals surface area contributed by atoms with Crippen LogP contribution < -0.4 is 5.32 Å². The van der Waals surface area contributed by atoms with Crippen LogP contribution in [0.5, 0.6) is 0 Å². The third-order valence-corrected chi connectivity index (χ3v) is 5.98. The Kier molecular flexibility index (Phi) is 3.88. The molecule has 2 aromatic heterocycles. The standard InChI is InChI=1S/C17H20N4O2S/c1-20-15(22)9-12(16(20)13-3-2-8-24-13)17(23)19-11-4-5-14-18-6-7-21(14)10-11/h2-3,6-8,11-12,16H,4-5,9-10H2,1H3,(H,19,23)/t11-,12+,16-/m1/s1. The second kappa shape index (κ2) is 6.05. The largest absolute Gasteiger partial charge is 0.351 e. The number of carbonyl (C=O) groups is 2. The number of likely N-dealkylation sites (tertiary alicyclic amines) is 1. The molecular formula is C17H20N4O2S. The van der Waals surface area contributed by atoms with Gasteiger partial charge in [0.1, 0.15) is 5.82 Å². The van der Waals surface area contributed by atoms with Crippen molar-refractivity contribution in [3.8, 4) is 0 Å². The topological polar surface area (TPSA) is 67.2 Å². The molecule has 7 heteroatoms. The minimum absolute atomic E-state index is 0.0142. The molecule has 2 aromatic rings. The highest BCUT2D eigenvalue weighted by Gasteiger charge is 2.43. The summed E-state index contributed by atoms with van der Waals surface area (Å²) in [5, 5.41) is 5.15. The molecule has 3 atom stereocenters. The zero-order valence-corrected chi connectivity index (χ0v) is 14.3. The number of fused-ring (bicyclic) bond motifs is 1. The molecule has 4 heterocycles. The normalized spacial score (nSPS) is 26.5. The molecule has 1 fully saturated rings. The number of hydrogen-bond donors (Lipinski definition) is 1. The number of aromatic nitrogens is 2. The van der Waals surface area contributed by atoms with Crippen molar-refractivity contribution in [1.82, 2.24) is 19.8 Å². The minimum atomic E-state index is -0.315. The average molecular weight is 344 g/mol. The van der Waals surface area contributed by atoms with Gasteiger partial charge >= 0.3 is 0 Å². The maximum Gasteiger partial charge on any atom is 0.226 e. The van der Waals surface area contributed by atoms with Crippen LogP contribution in [0.2, 0.25) is 0 Å². The third kappa shape index (κ3) is 2.62. The van der Waals surface area contributed by atoms with Crippen LogP contribution in [0.3, 0.4) is 0 Å². The number of rotatable bonds is 3. The highest BCUT2D eigenvalue weighted by atomic mass is 32.1. The van der Waals surface area contributed by atoms with E-state index in [0.29, 0.717) is 0 Å². The molecule has 1 saturated heterocycles. The molecule has 2 aliphatic rings. The molecule has 0 saturated carbocycles. The van der Waals surface area contributed by atoms with E-state index >= 15 is 0 Å². The van der Waals surface area contributed by atoms with E-state index in [4.69, 9.17) is 0 Å². The maximum atomic E-state index is 12.9. The summed E-state index contributed by atoms with van der Waals surface area (Å²) in [6, 6.07) is 3.92. The molecule has 0 aromatic carbocycles. The fourth-order valence-electron chi connectivity index (χ4n) is 3.75. The highest BCUT2D eigenvalue weighted by molar-refractivity contribution is 7.10. The lowest BCUT2D eigenvalue weighted by molar-refractivity contribution is -0.128. The third-order valence-electron chi connectivity index (χ3n) is 5.04. The molecule has 0 unspecified atom stereocenters. The lowest BCUT2D eigenvalue weighted by Crippen LogP contribution is -2.44. The van der Waals surface area contributed by atoms with E-state index in [2.05, 4.69) is 14.9 Å². The molecular weight excluding hydrogens is 324 g/mol. The first kappa shape index (κ1) is 15.4. The summed E-state index contributed by atoms with van der Waals surface area (Å²) in [6.45, 7) is 0.751. The zero-order valence-electron chi connectivity index (χ0n) is 13.5. The van der Waals surface area contributed by atoms with Crippen LogP contribution in [-0.2, 0) is 22.6 Å². The number of hydrogen-bond acceptors (Lipinski definition) is 4. The van der Waals surface area contributed by atoms with E-state index in [1.807, 2.05) is 23.7 Å². The number of imidazole rings is 1. The van der Waals surface area contributed by atoms with Crippen LogP contribution in [0, 0.1) is 5.92 Å². The molecule has 0 spiro atoms. The highest BCUT2D eigenvalue weighted by Crippen LogP contribution is 2.39. The van der Waals surface area contributed by atoms with E-state index < -0.39 is 0 Å². The zero-order chi connectivity index (χ0) is 16.7. The van der Waals surface area contributed by atoms with Gasteiger partial charge in [0.15, 0.2) is 0 Å². The smallest absolute Gasteiger partial charge is 0.226 e. The summed E-state index contributed by atoms with van der Waals surface area (Å²) in [6.07, 6.45) is 5.80. The Bertz CT molecular complexity index is 754. The summed E-state index contributed by atoms with van der Waals surface area (Å²) >= 11 is 1.60. The molecule has 24 heavy (non-hydrogen) atoms. The van der Waals surface area contributed by atoms with Gasteiger partial charge in [-0.3, -0.25) is 9.59 Å². The molecule has 4 rings (SSSR count). The Morgan fingerprint density at radius 2 is 2.33 bits per heavy atom. The first-order valence-corrected chi connectivity index (χ1v) is 9.11. The van der Waals surface area contributed by atoms with E-state index in [1.54, 1.807) is 29.5 Å². The van der Waals surface area contributed by atoms with E-state index in [-0.39, 0.29) is 36.2 Å². The summed E-state index contributed by atoms with van der Waals surface area (Å²) in [7, 11) is 1.79. The maximum absolute atomic E-state index is 12.9. The van der Waals surface area contributed by atoms with Crippen molar-refractivity contribution in [2.24, 2.45) is 5.92 Å². The van der Waals surface area contributed by atoms with Crippen LogP contribution in [-0.4, -0.2) is 39.4 Å². The average Bonchev–Trinajstić information content (AvgIpc) is 3.28. The Morgan fingerprint density at radius 1 is 1.46 bits per heavy atom. The van der Waals surface area contributed by atoms with Crippen molar-refractivity contribution in [3.63, 3.8) is 0 Å². The van der Waals surface area contributed by atoms with Crippen molar-refractivity contribution in [2.75, 3.05) is 7.05 Å². The number of amides is 2. The number of nitrogens with zero attached hydrogens (tertiary/aromatic N) is 3. The predicted octanol–water partition coefficient (Wildman–Crippen LogP) is 1.60. The van der Waals surface area contributed by atoms with E-state index in [1.165, 1.54) is 0 Å². The summed E-state index contributed by atoms with van der Waals surface area (Å²) in [5.74, 6) is 0.784. The molecule has 6 nitrogen and oxygen atoms in total. The lowest BCUT2D eigenvalue weighted by atomic mass is 9.96. The minimum Gasteiger partial charge on any atom is -0.351 e. The van der Waals surface area contributed by atoms with Gasteiger partial charge in [0.25, 0.3) is 0 Å². The van der Waals surface area contributed by atoms with Crippen LogP contribution in [0.1, 0.15) is 29.6 Å². The Balaban J connectivity index is 1.48. The van der Waals surface area contributed by atoms with Crippen LogP contribution in [0.4, 0.5) is 0 Å². The molecule has 2 amide bonds. The van der Waals surface area contributed by atoms with Crippen molar-refractivity contribution >= 4 is 23.2 Å². The summed E-state index contributed by atoms with van der Waals surface area (Å²) in [5.41, 5.74) is 0. The van der Waals surface area contributed by atoms with Crippen LogP contribution in [0.25, 0.3) is 0 Å². The molecule has 2 aliphatic heterocycles. The number of carbonyl (C=O) groups excluding carboxylic acids is 2. The van der Waals surface area contributed by atoms with Gasteiger partial charge < -0.3 is 14.8 Å². The molecule has 1 N–H and O–H groups in total. The fourth-order valence-corrected chi connectivity index (χ4v) is 4.68. The first-order valence-electron chi connectivity index (χ1n) is 8.23. The van der Waals surface area contributed by atoms with Gasteiger partial charge in [0.05, 0.1) is 12.0 Å². The predicted molar refractivity (Wildman–Crippen MR) is 90.4 cm³/mol. The monoisotopic (exact) mass is 344 g/mol. The second-order valence-corrected chi connectivity index (χ2v) is 7.49. The quantitative estimate of drug-likeness (QED) is 0.920. The van der Waals surface area contributed by atoms with E-state index in [0.717, 1.165) is 30.1 Å². The number of nitrogens with one attached hydrogen (secondary N) is 1. The van der Waals surface area contributed by atoms with Gasteiger partial charge in [0, 0.05) is 49.7 Å². The number of aryl methyl sites for hydroxylation is 1. The van der Waals surface area contributed by atoms with Crippen molar-refractivity contribution in [3.05, 3.63) is 40.6 Å². The Hall–Kier alpha value is -2.15. The Labute approximate surface area is 144 Å². The summed E-state index contributed by atoms with van der Waals surface area (Å²) < 4.78 is 2.09. The van der Waals surface area contributed by atoms with Gasteiger partial charge in [-0.15, -0.1) is 11.3 Å². The van der Waals surface area contributed by atoms with Crippen molar-refractivity contribution < 1.29 is 9.59 Å². The second-order valence-electron chi connectivity index (χ2n) is 6.52. The first-order chi connectivity index (χ1) is 11.6. The molecule has 0 bridgehead atoms. The lowest BCUT2D eigenvalue weighted by Gasteiger charge is -2.28. The van der Waals surface area contributed by atoms with Crippen molar-refractivity contribution in [1.29, 1.82) is 0 Å².